The SMILES string of the molecule is COc1cc2c(cc1F)C(=O)C(C)C2. The molecule has 1 aromatic rings. The van der Waals surface area contributed by atoms with Crippen LogP contribution < -0.4 is 4.74 Å². The van der Waals surface area contributed by atoms with E-state index in [0.717, 1.165) is 5.56 Å². The van der Waals surface area contributed by atoms with Gasteiger partial charge in [-0.15, -0.1) is 0 Å². The highest BCUT2D eigenvalue weighted by Crippen LogP contribution is 2.31. The third-order valence-electron chi connectivity index (χ3n) is 2.62. The smallest absolute Gasteiger partial charge is 0.166 e. The number of ether oxygens (including phenoxy) is 1. The van der Waals surface area contributed by atoms with Crippen LogP contribution in [-0.4, -0.2) is 12.9 Å². The normalized spacial score (nSPS) is 19.6. The monoisotopic (exact) mass is 194 g/mol. The molecule has 0 saturated heterocycles. The van der Waals surface area contributed by atoms with Crippen molar-refractivity contribution < 1.29 is 13.9 Å². The van der Waals surface area contributed by atoms with E-state index in [0.29, 0.717) is 12.0 Å². The Balaban J connectivity index is 2.54. The minimum absolute atomic E-state index is 0.0292. The van der Waals surface area contributed by atoms with Gasteiger partial charge in [-0.1, -0.05) is 6.92 Å². The number of ketones is 1. The summed E-state index contributed by atoms with van der Waals surface area (Å²) < 4.78 is 18.1. The molecule has 1 unspecified atom stereocenters. The summed E-state index contributed by atoms with van der Waals surface area (Å²) >= 11 is 0. The Morgan fingerprint density at radius 2 is 2.21 bits per heavy atom. The first-order valence-corrected chi connectivity index (χ1v) is 4.54. The van der Waals surface area contributed by atoms with E-state index in [4.69, 9.17) is 4.74 Å². The summed E-state index contributed by atoms with van der Waals surface area (Å²) in [6, 6.07) is 2.89. The minimum Gasteiger partial charge on any atom is -0.494 e. The molecule has 0 heterocycles. The van der Waals surface area contributed by atoms with Crippen LogP contribution in [0.3, 0.4) is 0 Å². The number of Topliss-reactive ketones (excluding diaryl/α,β-unsaturated/α-hetero) is 1. The molecule has 3 heteroatoms. The number of rotatable bonds is 1. The molecule has 1 aliphatic rings. The number of carbonyl (C=O) groups excluding carboxylic acids is 1. The number of hydrogen-bond donors (Lipinski definition) is 0. The van der Waals surface area contributed by atoms with E-state index in [-0.39, 0.29) is 17.5 Å². The molecular formula is C11H11FO2. The second kappa shape index (κ2) is 3.08. The average molecular weight is 194 g/mol. The van der Waals surface area contributed by atoms with E-state index in [2.05, 4.69) is 0 Å². The van der Waals surface area contributed by atoms with E-state index < -0.39 is 5.82 Å². The molecule has 1 atom stereocenters. The maximum atomic E-state index is 13.3. The summed E-state index contributed by atoms with van der Waals surface area (Å²) in [5.41, 5.74) is 1.40. The second-order valence-corrected chi connectivity index (χ2v) is 3.61. The predicted octanol–water partition coefficient (Wildman–Crippen LogP) is 2.21. The van der Waals surface area contributed by atoms with Crippen molar-refractivity contribution in [1.29, 1.82) is 0 Å². The molecule has 0 aromatic heterocycles. The molecule has 0 aliphatic heterocycles. The van der Waals surface area contributed by atoms with Gasteiger partial charge in [0.25, 0.3) is 0 Å². The van der Waals surface area contributed by atoms with Gasteiger partial charge in [-0.25, -0.2) is 4.39 Å². The highest BCUT2D eigenvalue weighted by atomic mass is 19.1. The molecular weight excluding hydrogens is 183 g/mol. The van der Waals surface area contributed by atoms with E-state index in [1.165, 1.54) is 13.2 Å². The van der Waals surface area contributed by atoms with Crippen LogP contribution in [-0.2, 0) is 6.42 Å². The van der Waals surface area contributed by atoms with Crippen molar-refractivity contribution in [3.05, 3.63) is 29.1 Å². The summed E-state index contributed by atoms with van der Waals surface area (Å²) in [4.78, 5) is 11.5. The maximum Gasteiger partial charge on any atom is 0.166 e. The molecule has 0 bridgehead atoms. The van der Waals surface area contributed by atoms with Crippen molar-refractivity contribution in [3.8, 4) is 5.75 Å². The number of methoxy groups -OCH3 is 1. The molecule has 1 aliphatic carbocycles. The van der Waals surface area contributed by atoms with Gasteiger partial charge in [0.05, 0.1) is 7.11 Å². The first kappa shape index (κ1) is 9.19. The van der Waals surface area contributed by atoms with Crippen molar-refractivity contribution in [2.75, 3.05) is 7.11 Å². The van der Waals surface area contributed by atoms with Gasteiger partial charge in [0.2, 0.25) is 0 Å². The highest BCUT2D eigenvalue weighted by Gasteiger charge is 2.28. The van der Waals surface area contributed by atoms with E-state index in [9.17, 15) is 9.18 Å². The Kier molecular flexibility index (Phi) is 2.02. The van der Waals surface area contributed by atoms with Crippen LogP contribution in [0.25, 0.3) is 0 Å². The molecule has 0 spiro atoms. The maximum absolute atomic E-state index is 13.3. The van der Waals surface area contributed by atoms with E-state index in [1.54, 1.807) is 6.07 Å². The Bertz CT molecular complexity index is 399. The number of hydrogen-bond acceptors (Lipinski definition) is 2. The Labute approximate surface area is 81.7 Å². The van der Waals surface area contributed by atoms with Gasteiger partial charge < -0.3 is 4.74 Å². The van der Waals surface area contributed by atoms with Gasteiger partial charge in [-0.05, 0) is 24.1 Å². The third kappa shape index (κ3) is 1.20. The van der Waals surface area contributed by atoms with Crippen molar-refractivity contribution in [1.82, 2.24) is 0 Å². The Morgan fingerprint density at radius 3 is 2.86 bits per heavy atom. The van der Waals surface area contributed by atoms with Crippen LogP contribution in [0.15, 0.2) is 12.1 Å². The summed E-state index contributed by atoms with van der Waals surface area (Å²) in [7, 11) is 1.42. The number of benzene rings is 1. The van der Waals surface area contributed by atoms with Crippen LogP contribution in [0.2, 0.25) is 0 Å². The first-order chi connectivity index (χ1) is 6.63. The highest BCUT2D eigenvalue weighted by molar-refractivity contribution is 6.02. The zero-order valence-corrected chi connectivity index (χ0v) is 8.13. The van der Waals surface area contributed by atoms with Crippen LogP contribution in [0.1, 0.15) is 22.8 Å². The van der Waals surface area contributed by atoms with Gasteiger partial charge in [0.15, 0.2) is 17.3 Å². The lowest BCUT2D eigenvalue weighted by molar-refractivity contribution is 0.0946. The standard InChI is InChI=1S/C11H11FO2/c1-6-3-7-4-10(14-2)9(12)5-8(7)11(6)13/h4-6H,3H2,1-2H3. The zero-order valence-electron chi connectivity index (χ0n) is 8.13. The van der Waals surface area contributed by atoms with Crippen LogP contribution in [0.5, 0.6) is 5.75 Å². The van der Waals surface area contributed by atoms with Crippen molar-refractivity contribution in [2.24, 2.45) is 5.92 Å². The lowest BCUT2D eigenvalue weighted by Crippen LogP contribution is -2.03. The lowest BCUT2D eigenvalue weighted by Gasteiger charge is -2.03. The average Bonchev–Trinajstić information content (AvgIpc) is 2.43. The van der Waals surface area contributed by atoms with Crippen molar-refractivity contribution >= 4 is 5.78 Å². The van der Waals surface area contributed by atoms with Gasteiger partial charge >= 0.3 is 0 Å². The van der Waals surface area contributed by atoms with E-state index >= 15 is 0 Å². The molecule has 1 aromatic carbocycles. The summed E-state index contributed by atoms with van der Waals surface area (Å²) in [6.45, 7) is 1.85. The lowest BCUT2D eigenvalue weighted by atomic mass is 10.1. The summed E-state index contributed by atoms with van der Waals surface area (Å²) in [5, 5.41) is 0. The van der Waals surface area contributed by atoms with Crippen molar-refractivity contribution in [3.63, 3.8) is 0 Å². The fraction of sp³-hybridized carbons (Fsp3) is 0.364. The molecule has 0 N–H and O–H groups in total. The number of fused-ring (bicyclic) bond motifs is 1. The molecule has 14 heavy (non-hydrogen) atoms. The molecule has 0 saturated carbocycles. The number of carbonyl (C=O) groups is 1. The zero-order chi connectivity index (χ0) is 10.3. The predicted molar refractivity (Wildman–Crippen MR) is 50.2 cm³/mol. The van der Waals surface area contributed by atoms with Crippen LogP contribution in [0, 0.1) is 11.7 Å². The van der Waals surface area contributed by atoms with Crippen LogP contribution in [0.4, 0.5) is 4.39 Å². The quantitative estimate of drug-likeness (QED) is 0.685. The van der Waals surface area contributed by atoms with E-state index in [1.807, 2.05) is 6.92 Å². The first-order valence-electron chi connectivity index (χ1n) is 4.54. The van der Waals surface area contributed by atoms with Crippen molar-refractivity contribution in [2.45, 2.75) is 13.3 Å². The van der Waals surface area contributed by atoms with Gasteiger partial charge in [-0.2, -0.15) is 0 Å². The third-order valence-corrected chi connectivity index (χ3v) is 2.62. The summed E-state index contributed by atoms with van der Waals surface area (Å²) in [6.07, 6.45) is 0.685. The second-order valence-electron chi connectivity index (χ2n) is 3.61. The molecule has 0 amide bonds. The molecule has 2 nitrogen and oxygen atoms in total. The topological polar surface area (TPSA) is 26.3 Å². The Morgan fingerprint density at radius 1 is 1.50 bits per heavy atom. The molecule has 74 valence electrons. The van der Waals surface area contributed by atoms with Gasteiger partial charge in [-0.3, -0.25) is 4.79 Å². The summed E-state index contributed by atoms with van der Waals surface area (Å²) in [5.74, 6) is -0.252. The van der Waals surface area contributed by atoms with Crippen LogP contribution >= 0.6 is 0 Å². The molecule has 2 rings (SSSR count). The fourth-order valence-electron chi connectivity index (χ4n) is 1.84. The largest absolute Gasteiger partial charge is 0.494 e. The molecule has 0 fully saturated rings. The minimum atomic E-state index is -0.464. The fourth-order valence-corrected chi connectivity index (χ4v) is 1.84. The Hall–Kier alpha value is -1.38. The van der Waals surface area contributed by atoms with Gasteiger partial charge in [0.1, 0.15) is 0 Å². The number of halogens is 1. The molecule has 0 radical (unpaired) electrons. The van der Waals surface area contributed by atoms with Gasteiger partial charge in [0, 0.05) is 11.5 Å².